The molecule has 0 fully saturated rings. The molecule has 2 aromatic rings. The predicted octanol–water partition coefficient (Wildman–Crippen LogP) is 2.93. The monoisotopic (exact) mass is 284 g/mol. The number of carbonyl (C=O) groups is 1. The first-order valence-electron chi connectivity index (χ1n) is 7.07. The number of rotatable bonds is 3. The van der Waals surface area contributed by atoms with Gasteiger partial charge in [0.25, 0.3) is 0 Å². The van der Waals surface area contributed by atoms with Crippen molar-refractivity contribution in [2.45, 2.75) is 19.3 Å². The molecule has 1 aliphatic rings. The first kappa shape index (κ1) is 13.6. The molecule has 2 aromatic carbocycles. The molecule has 0 saturated carbocycles. The van der Waals surface area contributed by atoms with Gasteiger partial charge in [-0.25, -0.2) is 4.39 Å². The zero-order valence-electron chi connectivity index (χ0n) is 11.7. The Labute approximate surface area is 123 Å². The second-order valence-corrected chi connectivity index (χ2v) is 5.31. The molecule has 0 spiro atoms. The van der Waals surface area contributed by atoms with Crippen molar-refractivity contribution in [1.29, 1.82) is 0 Å². The van der Waals surface area contributed by atoms with Crippen molar-refractivity contribution in [1.82, 2.24) is 0 Å². The minimum Gasteiger partial charge on any atom is -0.399 e. The molecule has 2 N–H and O–H groups in total. The summed E-state index contributed by atoms with van der Waals surface area (Å²) in [5.41, 5.74) is 9.23. The Morgan fingerprint density at radius 1 is 1.24 bits per heavy atom. The first-order chi connectivity index (χ1) is 10.1. The van der Waals surface area contributed by atoms with E-state index in [0.717, 1.165) is 17.5 Å². The molecule has 4 heteroatoms. The predicted molar refractivity (Wildman–Crippen MR) is 81.6 cm³/mol. The number of halogens is 1. The highest BCUT2D eigenvalue weighted by Crippen LogP contribution is 2.29. The van der Waals surface area contributed by atoms with Crippen LogP contribution in [0.15, 0.2) is 42.5 Å². The van der Waals surface area contributed by atoms with Gasteiger partial charge in [0.05, 0.1) is 0 Å². The first-order valence-corrected chi connectivity index (χ1v) is 7.07. The highest BCUT2D eigenvalue weighted by molar-refractivity contribution is 5.95. The molecule has 0 radical (unpaired) electrons. The van der Waals surface area contributed by atoms with Crippen molar-refractivity contribution in [3.05, 3.63) is 59.4 Å². The molecule has 21 heavy (non-hydrogen) atoms. The maximum atomic E-state index is 13.3. The van der Waals surface area contributed by atoms with Crippen LogP contribution in [0.4, 0.5) is 15.8 Å². The average Bonchev–Trinajstić information content (AvgIpc) is 2.88. The van der Waals surface area contributed by atoms with Crippen LogP contribution in [0.3, 0.4) is 0 Å². The van der Waals surface area contributed by atoms with Crippen LogP contribution in [-0.2, 0) is 17.6 Å². The number of anilines is 2. The van der Waals surface area contributed by atoms with Crippen LogP contribution in [-0.4, -0.2) is 12.5 Å². The molecular weight excluding hydrogens is 267 g/mol. The molecule has 108 valence electrons. The number of hydrogen-bond donors (Lipinski definition) is 1. The van der Waals surface area contributed by atoms with Gasteiger partial charge in [-0.1, -0.05) is 18.2 Å². The average molecular weight is 284 g/mol. The lowest BCUT2D eigenvalue weighted by Crippen LogP contribution is -2.29. The van der Waals surface area contributed by atoms with E-state index < -0.39 is 0 Å². The van der Waals surface area contributed by atoms with Crippen LogP contribution >= 0.6 is 0 Å². The van der Waals surface area contributed by atoms with E-state index in [-0.39, 0.29) is 11.7 Å². The Bertz CT molecular complexity index is 684. The van der Waals surface area contributed by atoms with Gasteiger partial charge in [-0.15, -0.1) is 0 Å². The van der Waals surface area contributed by atoms with Crippen molar-refractivity contribution in [3.63, 3.8) is 0 Å². The van der Waals surface area contributed by atoms with Crippen LogP contribution < -0.4 is 10.6 Å². The summed E-state index contributed by atoms with van der Waals surface area (Å²) in [5.74, 6) is -0.272. The molecule has 3 rings (SSSR count). The third-order valence-corrected chi connectivity index (χ3v) is 3.82. The number of hydrogen-bond acceptors (Lipinski definition) is 2. The van der Waals surface area contributed by atoms with Gasteiger partial charge >= 0.3 is 0 Å². The Kier molecular flexibility index (Phi) is 3.60. The summed E-state index contributed by atoms with van der Waals surface area (Å²) in [4.78, 5) is 14.0. The smallest absolute Gasteiger partial charge is 0.227 e. The molecule has 1 heterocycles. The molecule has 0 unspecified atom stereocenters. The van der Waals surface area contributed by atoms with E-state index in [1.165, 1.54) is 12.1 Å². The van der Waals surface area contributed by atoms with Gasteiger partial charge in [0.2, 0.25) is 5.91 Å². The molecular formula is C17H17FN2O. The Balaban J connectivity index is 1.69. The fourth-order valence-electron chi connectivity index (χ4n) is 2.75. The summed E-state index contributed by atoms with van der Waals surface area (Å²) in [6.07, 6.45) is 1.84. The van der Waals surface area contributed by atoms with E-state index >= 15 is 0 Å². The zero-order chi connectivity index (χ0) is 14.8. The minimum absolute atomic E-state index is 0.0294. The largest absolute Gasteiger partial charge is 0.399 e. The molecule has 0 bridgehead atoms. The van der Waals surface area contributed by atoms with Crippen molar-refractivity contribution in [2.75, 3.05) is 17.2 Å². The number of benzene rings is 2. The summed E-state index contributed by atoms with van der Waals surface area (Å²) in [6.45, 7) is 0.633. The van der Waals surface area contributed by atoms with E-state index in [1.807, 2.05) is 24.3 Å². The summed E-state index contributed by atoms with van der Waals surface area (Å²) in [6, 6.07) is 12.2. The minimum atomic E-state index is -0.302. The Hall–Kier alpha value is -2.36. The van der Waals surface area contributed by atoms with Gasteiger partial charge < -0.3 is 10.6 Å². The third kappa shape index (κ3) is 2.89. The maximum absolute atomic E-state index is 13.3. The normalized spacial score (nSPS) is 13.3. The van der Waals surface area contributed by atoms with Gasteiger partial charge in [-0.2, -0.15) is 0 Å². The number of nitrogens with zero attached hydrogens (tertiary/aromatic N) is 1. The Morgan fingerprint density at radius 2 is 2.10 bits per heavy atom. The molecule has 0 atom stereocenters. The summed E-state index contributed by atoms with van der Waals surface area (Å²) >= 11 is 0. The quantitative estimate of drug-likeness (QED) is 0.881. The van der Waals surface area contributed by atoms with Gasteiger partial charge in [-0.3, -0.25) is 4.79 Å². The van der Waals surface area contributed by atoms with Crippen LogP contribution in [0.25, 0.3) is 0 Å². The van der Waals surface area contributed by atoms with Crippen LogP contribution in [0, 0.1) is 5.82 Å². The van der Waals surface area contributed by atoms with Crippen molar-refractivity contribution in [2.24, 2.45) is 0 Å². The topological polar surface area (TPSA) is 46.3 Å². The number of amides is 1. The highest BCUT2D eigenvalue weighted by Gasteiger charge is 2.24. The summed E-state index contributed by atoms with van der Waals surface area (Å²) in [7, 11) is 0. The standard InChI is InChI=1S/C17H17FN2O/c18-14-6-5-13-8-9-20(16(13)11-14)17(21)7-4-12-2-1-3-15(19)10-12/h1-3,5-6,10-11H,4,7-9,19H2. The zero-order valence-corrected chi connectivity index (χ0v) is 11.7. The fraction of sp³-hybridized carbons (Fsp3) is 0.235. The second-order valence-electron chi connectivity index (χ2n) is 5.31. The summed E-state index contributed by atoms with van der Waals surface area (Å²) < 4.78 is 13.3. The number of fused-ring (bicyclic) bond motifs is 1. The maximum Gasteiger partial charge on any atom is 0.227 e. The lowest BCUT2D eigenvalue weighted by Gasteiger charge is -2.17. The van der Waals surface area contributed by atoms with E-state index in [0.29, 0.717) is 30.8 Å². The van der Waals surface area contributed by atoms with E-state index in [2.05, 4.69) is 0 Å². The van der Waals surface area contributed by atoms with Gasteiger partial charge in [-0.05, 0) is 48.2 Å². The SMILES string of the molecule is Nc1cccc(CCC(=O)N2CCc3ccc(F)cc32)c1. The lowest BCUT2D eigenvalue weighted by molar-refractivity contribution is -0.118. The molecule has 3 nitrogen and oxygen atoms in total. The molecule has 1 amide bonds. The van der Waals surface area contributed by atoms with E-state index in [1.54, 1.807) is 11.0 Å². The van der Waals surface area contributed by atoms with Gasteiger partial charge in [0.15, 0.2) is 0 Å². The number of carbonyl (C=O) groups excluding carboxylic acids is 1. The molecule has 0 saturated heterocycles. The van der Waals surface area contributed by atoms with Crippen LogP contribution in [0.5, 0.6) is 0 Å². The number of nitrogen functional groups attached to an aromatic ring is 1. The molecule has 0 aliphatic carbocycles. The van der Waals surface area contributed by atoms with Gasteiger partial charge in [0.1, 0.15) is 5.82 Å². The molecule has 0 aromatic heterocycles. The number of nitrogens with two attached hydrogens (primary N) is 1. The summed E-state index contributed by atoms with van der Waals surface area (Å²) in [5, 5.41) is 0. The van der Waals surface area contributed by atoms with Crippen LogP contribution in [0.1, 0.15) is 17.5 Å². The molecule has 1 aliphatic heterocycles. The fourth-order valence-corrected chi connectivity index (χ4v) is 2.75. The van der Waals surface area contributed by atoms with Crippen molar-refractivity contribution >= 4 is 17.3 Å². The van der Waals surface area contributed by atoms with E-state index in [9.17, 15) is 9.18 Å². The highest BCUT2D eigenvalue weighted by atomic mass is 19.1. The van der Waals surface area contributed by atoms with Crippen molar-refractivity contribution < 1.29 is 9.18 Å². The van der Waals surface area contributed by atoms with Crippen LogP contribution in [0.2, 0.25) is 0 Å². The van der Waals surface area contributed by atoms with Gasteiger partial charge in [0, 0.05) is 24.3 Å². The van der Waals surface area contributed by atoms with E-state index in [4.69, 9.17) is 5.73 Å². The third-order valence-electron chi connectivity index (χ3n) is 3.82. The lowest BCUT2D eigenvalue weighted by atomic mass is 10.1. The van der Waals surface area contributed by atoms with Crippen molar-refractivity contribution in [3.8, 4) is 0 Å². The second kappa shape index (κ2) is 5.56. The number of aryl methyl sites for hydroxylation is 1. The Morgan fingerprint density at radius 3 is 2.90 bits per heavy atom.